The molecule has 0 aromatic carbocycles. The molecule has 0 atom stereocenters. The van der Waals surface area contributed by atoms with Crippen molar-refractivity contribution in [1.29, 1.82) is 0 Å². The number of carbonyl (C=O) groups excluding carboxylic acids is 1. The van der Waals surface area contributed by atoms with Crippen molar-refractivity contribution in [1.82, 2.24) is 19.7 Å². The van der Waals surface area contributed by atoms with E-state index >= 15 is 0 Å². The van der Waals surface area contributed by atoms with Crippen LogP contribution in [0.25, 0.3) is 0 Å². The van der Waals surface area contributed by atoms with Crippen molar-refractivity contribution < 1.29 is 4.79 Å². The van der Waals surface area contributed by atoms with Gasteiger partial charge >= 0.3 is 0 Å². The number of nitrogens with zero attached hydrogens (tertiary/aromatic N) is 4. The average molecular weight is 284 g/mol. The van der Waals surface area contributed by atoms with E-state index in [1.54, 1.807) is 24.5 Å². The molecule has 2 aromatic rings. The quantitative estimate of drug-likeness (QED) is 0.850. The van der Waals surface area contributed by atoms with Gasteiger partial charge < -0.3 is 4.90 Å². The Kier molecular flexibility index (Phi) is 3.73. The van der Waals surface area contributed by atoms with Crippen LogP contribution in [0.15, 0.2) is 30.6 Å². The van der Waals surface area contributed by atoms with E-state index in [1.807, 2.05) is 11.8 Å². The van der Waals surface area contributed by atoms with Crippen molar-refractivity contribution >= 4 is 5.91 Å². The summed E-state index contributed by atoms with van der Waals surface area (Å²) in [6.07, 6.45) is 5.24. The zero-order chi connectivity index (χ0) is 14.8. The van der Waals surface area contributed by atoms with E-state index in [0.29, 0.717) is 6.04 Å². The maximum atomic E-state index is 12.4. The minimum Gasteiger partial charge on any atom is -0.338 e. The first-order chi connectivity index (χ1) is 10.1. The summed E-state index contributed by atoms with van der Waals surface area (Å²) < 4.78 is 2.11. The number of likely N-dealkylation sites (tertiary alicyclic amines) is 1. The second-order valence-electron chi connectivity index (χ2n) is 5.63. The van der Waals surface area contributed by atoms with E-state index in [4.69, 9.17) is 0 Å². The number of piperidine rings is 1. The van der Waals surface area contributed by atoms with Gasteiger partial charge in [0.15, 0.2) is 0 Å². The molecule has 3 rings (SSSR count). The Balaban J connectivity index is 1.65. The van der Waals surface area contributed by atoms with Crippen molar-refractivity contribution in [3.63, 3.8) is 0 Å². The first kappa shape index (κ1) is 13.8. The van der Waals surface area contributed by atoms with Crippen molar-refractivity contribution in [2.45, 2.75) is 32.7 Å². The van der Waals surface area contributed by atoms with Crippen LogP contribution in [-0.2, 0) is 0 Å². The fraction of sp³-hybridized carbons (Fsp3) is 0.438. The molecule has 21 heavy (non-hydrogen) atoms. The molecule has 0 aliphatic carbocycles. The van der Waals surface area contributed by atoms with Gasteiger partial charge in [-0.25, -0.2) is 0 Å². The summed E-state index contributed by atoms with van der Waals surface area (Å²) in [5.74, 6) is 0.101. The van der Waals surface area contributed by atoms with Gasteiger partial charge in [0, 0.05) is 36.7 Å². The Bertz CT molecular complexity index is 627. The van der Waals surface area contributed by atoms with Gasteiger partial charge in [0.05, 0.1) is 11.7 Å². The standard InChI is InChI=1S/C16H20N4O/c1-12-11-13(2)20(18-12)15-5-9-19(10-6-15)16(21)14-3-7-17-8-4-14/h3-4,7-8,11,15H,5-6,9-10H2,1-2H3. The fourth-order valence-electron chi connectivity index (χ4n) is 3.01. The molecule has 110 valence electrons. The van der Waals surface area contributed by atoms with Crippen LogP contribution in [-0.4, -0.2) is 38.7 Å². The molecular formula is C16H20N4O. The summed E-state index contributed by atoms with van der Waals surface area (Å²) >= 11 is 0. The molecule has 3 heterocycles. The third-order valence-electron chi connectivity index (χ3n) is 4.07. The Morgan fingerprint density at radius 3 is 2.43 bits per heavy atom. The molecule has 0 N–H and O–H groups in total. The van der Waals surface area contributed by atoms with E-state index in [0.717, 1.165) is 37.2 Å². The molecule has 1 aliphatic heterocycles. The lowest BCUT2D eigenvalue weighted by molar-refractivity contribution is 0.0689. The molecule has 0 radical (unpaired) electrons. The molecule has 0 bridgehead atoms. The van der Waals surface area contributed by atoms with Gasteiger partial charge in [-0.1, -0.05) is 0 Å². The van der Waals surface area contributed by atoms with Crippen molar-refractivity contribution in [2.24, 2.45) is 0 Å². The molecular weight excluding hydrogens is 264 g/mol. The van der Waals surface area contributed by atoms with Crippen LogP contribution in [0.4, 0.5) is 0 Å². The highest BCUT2D eigenvalue weighted by Crippen LogP contribution is 2.24. The molecule has 1 saturated heterocycles. The monoisotopic (exact) mass is 284 g/mol. The number of carbonyl (C=O) groups is 1. The average Bonchev–Trinajstić information content (AvgIpc) is 2.86. The zero-order valence-corrected chi connectivity index (χ0v) is 12.5. The van der Waals surface area contributed by atoms with Crippen LogP contribution in [0.3, 0.4) is 0 Å². The van der Waals surface area contributed by atoms with E-state index in [-0.39, 0.29) is 5.91 Å². The van der Waals surface area contributed by atoms with Crippen molar-refractivity contribution in [2.75, 3.05) is 13.1 Å². The van der Waals surface area contributed by atoms with E-state index in [2.05, 4.69) is 27.8 Å². The highest BCUT2D eigenvalue weighted by molar-refractivity contribution is 5.94. The molecule has 0 spiro atoms. The van der Waals surface area contributed by atoms with Crippen LogP contribution in [0.5, 0.6) is 0 Å². The van der Waals surface area contributed by atoms with Gasteiger partial charge in [0.25, 0.3) is 5.91 Å². The van der Waals surface area contributed by atoms with Crippen molar-refractivity contribution in [3.05, 3.63) is 47.5 Å². The fourth-order valence-corrected chi connectivity index (χ4v) is 3.01. The lowest BCUT2D eigenvalue weighted by Crippen LogP contribution is -2.39. The minimum absolute atomic E-state index is 0.101. The van der Waals surface area contributed by atoms with Crippen LogP contribution in [0.2, 0.25) is 0 Å². The Morgan fingerprint density at radius 1 is 1.19 bits per heavy atom. The first-order valence-corrected chi connectivity index (χ1v) is 7.37. The minimum atomic E-state index is 0.101. The van der Waals surface area contributed by atoms with Gasteiger partial charge in [-0.15, -0.1) is 0 Å². The maximum Gasteiger partial charge on any atom is 0.253 e. The smallest absolute Gasteiger partial charge is 0.253 e. The topological polar surface area (TPSA) is 51.0 Å². The Labute approximate surface area is 124 Å². The van der Waals surface area contributed by atoms with Crippen LogP contribution in [0, 0.1) is 13.8 Å². The second-order valence-corrected chi connectivity index (χ2v) is 5.63. The summed E-state index contributed by atoms with van der Waals surface area (Å²) in [6.45, 7) is 5.68. The molecule has 0 unspecified atom stereocenters. The number of rotatable bonds is 2. The predicted octanol–water partition coefficient (Wildman–Crippen LogP) is 2.37. The molecule has 1 amide bonds. The summed E-state index contributed by atoms with van der Waals surface area (Å²) in [6, 6.07) is 6.06. The molecule has 1 fully saturated rings. The number of aryl methyl sites for hydroxylation is 2. The highest BCUT2D eigenvalue weighted by atomic mass is 16.2. The van der Waals surface area contributed by atoms with Crippen LogP contribution < -0.4 is 0 Å². The largest absolute Gasteiger partial charge is 0.338 e. The molecule has 5 nitrogen and oxygen atoms in total. The summed E-state index contributed by atoms with van der Waals surface area (Å²) in [4.78, 5) is 18.3. The lowest BCUT2D eigenvalue weighted by Gasteiger charge is -2.32. The van der Waals surface area contributed by atoms with Crippen LogP contribution >= 0.6 is 0 Å². The van der Waals surface area contributed by atoms with Gasteiger partial charge in [-0.3, -0.25) is 14.5 Å². The van der Waals surface area contributed by atoms with Crippen LogP contribution in [0.1, 0.15) is 40.6 Å². The Morgan fingerprint density at radius 2 is 1.86 bits per heavy atom. The Hall–Kier alpha value is -2.17. The summed E-state index contributed by atoms with van der Waals surface area (Å²) in [7, 11) is 0. The highest BCUT2D eigenvalue weighted by Gasteiger charge is 2.25. The number of amides is 1. The van der Waals surface area contributed by atoms with Gasteiger partial charge in [0.2, 0.25) is 0 Å². The molecule has 1 aliphatic rings. The number of hydrogen-bond acceptors (Lipinski definition) is 3. The lowest BCUT2D eigenvalue weighted by atomic mass is 10.0. The van der Waals surface area contributed by atoms with Gasteiger partial charge in [-0.2, -0.15) is 5.10 Å². The van der Waals surface area contributed by atoms with Gasteiger partial charge in [-0.05, 0) is 44.9 Å². The summed E-state index contributed by atoms with van der Waals surface area (Å²) in [5, 5.41) is 4.57. The third kappa shape index (κ3) is 2.82. The summed E-state index contributed by atoms with van der Waals surface area (Å²) in [5.41, 5.74) is 2.98. The second kappa shape index (κ2) is 5.68. The van der Waals surface area contributed by atoms with Crippen molar-refractivity contribution in [3.8, 4) is 0 Å². The SMILES string of the molecule is Cc1cc(C)n(C2CCN(C(=O)c3ccncc3)CC2)n1. The number of pyridine rings is 1. The van der Waals surface area contributed by atoms with E-state index in [1.165, 1.54) is 5.69 Å². The molecule has 2 aromatic heterocycles. The normalized spacial score (nSPS) is 16.2. The first-order valence-electron chi connectivity index (χ1n) is 7.37. The third-order valence-corrected chi connectivity index (χ3v) is 4.07. The predicted molar refractivity (Wildman–Crippen MR) is 80.1 cm³/mol. The molecule has 5 heteroatoms. The number of hydrogen-bond donors (Lipinski definition) is 0. The molecule has 0 saturated carbocycles. The van der Waals surface area contributed by atoms with E-state index < -0.39 is 0 Å². The van der Waals surface area contributed by atoms with E-state index in [9.17, 15) is 4.79 Å². The zero-order valence-electron chi connectivity index (χ0n) is 12.5. The maximum absolute atomic E-state index is 12.4. The van der Waals surface area contributed by atoms with Gasteiger partial charge in [0.1, 0.15) is 0 Å². The number of aromatic nitrogens is 3.